The summed E-state index contributed by atoms with van der Waals surface area (Å²) in [4.78, 5) is 19.7. The normalized spacial score (nSPS) is 10.3. The first-order valence-corrected chi connectivity index (χ1v) is 3.85. The molecular weight excluding hydrogens is 204 g/mol. The van der Waals surface area contributed by atoms with E-state index in [1.54, 1.807) is 0 Å². The van der Waals surface area contributed by atoms with Gasteiger partial charge in [-0.1, -0.05) is 19.2 Å². The fourth-order valence-corrected chi connectivity index (χ4v) is 0.327. The third-order valence-corrected chi connectivity index (χ3v) is 0.893. The highest BCUT2D eigenvalue weighted by Gasteiger charge is 2.04. The van der Waals surface area contributed by atoms with Crippen LogP contribution in [0.25, 0.3) is 0 Å². The van der Waals surface area contributed by atoms with Crippen molar-refractivity contribution in [3.63, 3.8) is 0 Å². The first-order chi connectivity index (χ1) is 6.84. The van der Waals surface area contributed by atoms with Gasteiger partial charge in [0.05, 0.1) is 5.76 Å². The molecule has 0 aliphatic rings. The molecule has 3 N–H and O–H groups in total. The van der Waals surface area contributed by atoms with Crippen LogP contribution in [0.1, 0.15) is 6.92 Å². The van der Waals surface area contributed by atoms with E-state index in [9.17, 15) is 9.59 Å². The minimum Gasteiger partial charge on any atom is -0.479 e. The van der Waals surface area contributed by atoms with Gasteiger partial charge in [-0.05, 0) is 6.92 Å². The molecule has 86 valence electrons. The largest absolute Gasteiger partial charge is 0.479 e. The van der Waals surface area contributed by atoms with Crippen molar-refractivity contribution in [1.29, 1.82) is 0 Å². The summed E-state index contributed by atoms with van der Waals surface area (Å²) in [6.07, 6.45) is -0.470. The first-order valence-electron chi connectivity index (χ1n) is 3.85. The van der Waals surface area contributed by atoms with E-state index in [2.05, 4.69) is 17.9 Å². The number of hydrogen-bond acceptors (Lipinski definition) is 5. The SMILES string of the molecule is C=C(C)OC(=O)CO.C=CC(O)C(=O)O. The zero-order valence-corrected chi connectivity index (χ0v) is 8.34. The van der Waals surface area contributed by atoms with E-state index >= 15 is 0 Å². The second-order valence-electron chi connectivity index (χ2n) is 2.35. The molecule has 0 bridgehead atoms. The summed E-state index contributed by atoms with van der Waals surface area (Å²) in [7, 11) is 0. The van der Waals surface area contributed by atoms with Gasteiger partial charge >= 0.3 is 11.9 Å². The Kier molecular flexibility index (Phi) is 9.39. The van der Waals surface area contributed by atoms with Crippen molar-refractivity contribution in [2.24, 2.45) is 0 Å². The smallest absolute Gasteiger partial charge is 0.336 e. The number of esters is 1. The van der Waals surface area contributed by atoms with Crippen molar-refractivity contribution in [3.8, 4) is 0 Å². The minimum absolute atomic E-state index is 0.295. The van der Waals surface area contributed by atoms with E-state index < -0.39 is 24.6 Å². The lowest BCUT2D eigenvalue weighted by molar-refractivity contribution is -0.144. The van der Waals surface area contributed by atoms with Crippen LogP contribution in [-0.4, -0.2) is 40.0 Å². The summed E-state index contributed by atoms with van der Waals surface area (Å²) >= 11 is 0. The van der Waals surface area contributed by atoms with Crippen molar-refractivity contribution in [2.75, 3.05) is 6.61 Å². The summed E-state index contributed by atoms with van der Waals surface area (Å²) in [6.45, 7) is 7.28. The molecule has 0 aromatic carbocycles. The number of carboxylic acids is 1. The molecule has 0 heterocycles. The van der Waals surface area contributed by atoms with Crippen LogP contribution in [0.5, 0.6) is 0 Å². The second kappa shape index (κ2) is 8.92. The van der Waals surface area contributed by atoms with Crippen molar-refractivity contribution in [1.82, 2.24) is 0 Å². The number of aliphatic carboxylic acids is 1. The molecule has 0 spiro atoms. The van der Waals surface area contributed by atoms with Crippen LogP contribution in [0.3, 0.4) is 0 Å². The van der Waals surface area contributed by atoms with Crippen molar-refractivity contribution < 1.29 is 29.6 Å². The lowest BCUT2D eigenvalue weighted by Gasteiger charge is -1.96. The number of carboxylic acid groups (broad SMARTS) is 1. The van der Waals surface area contributed by atoms with Crippen LogP contribution < -0.4 is 0 Å². The maximum Gasteiger partial charge on any atom is 0.336 e. The van der Waals surface area contributed by atoms with Gasteiger partial charge in [0.1, 0.15) is 6.61 Å². The Hall–Kier alpha value is -1.66. The van der Waals surface area contributed by atoms with Gasteiger partial charge < -0.3 is 20.1 Å². The van der Waals surface area contributed by atoms with E-state index in [1.807, 2.05) is 0 Å². The summed E-state index contributed by atoms with van der Waals surface area (Å²) < 4.78 is 4.32. The molecule has 0 aliphatic carbocycles. The highest BCUT2D eigenvalue weighted by Crippen LogP contribution is 1.88. The summed E-state index contributed by atoms with van der Waals surface area (Å²) in [6, 6.07) is 0. The predicted octanol–water partition coefficient (Wildman–Crippen LogP) is -0.327. The average Bonchev–Trinajstić information content (AvgIpc) is 2.16. The third kappa shape index (κ3) is 12.3. The number of aliphatic hydroxyl groups excluding tert-OH is 2. The Balaban J connectivity index is 0. The van der Waals surface area contributed by atoms with Crippen LogP contribution in [0, 0.1) is 0 Å². The molecule has 1 atom stereocenters. The molecule has 0 radical (unpaired) electrons. The Labute approximate surface area is 87.1 Å². The Morgan fingerprint density at radius 1 is 1.53 bits per heavy atom. The Morgan fingerprint density at radius 2 is 2.00 bits per heavy atom. The van der Waals surface area contributed by atoms with Crippen LogP contribution >= 0.6 is 0 Å². The monoisotopic (exact) mass is 218 g/mol. The molecule has 0 rings (SSSR count). The Bertz CT molecular complexity index is 245. The molecule has 1 unspecified atom stereocenters. The van der Waals surface area contributed by atoms with Crippen LogP contribution in [0.2, 0.25) is 0 Å². The number of aliphatic hydroxyl groups is 2. The quantitative estimate of drug-likeness (QED) is 0.339. The average molecular weight is 218 g/mol. The fraction of sp³-hybridized carbons (Fsp3) is 0.333. The van der Waals surface area contributed by atoms with Gasteiger partial charge in [0.25, 0.3) is 0 Å². The molecule has 0 fully saturated rings. The summed E-state index contributed by atoms with van der Waals surface area (Å²) in [5, 5.41) is 24.1. The summed E-state index contributed by atoms with van der Waals surface area (Å²) in [5.41, 5.74) is 0. The zero-order chi connectivity index (χ0) is 12.4. The molecule has 0 saturated heterocycles. The van der Waals surface area contributed by atoms with Gasteiger partial charge in [0.2, 0.25) is 0 Å². The van der Waals surface area contributed by atoms with Crippen LogP contribution in [-0.2, 0) is 14.3 Å². The van der Waals surface area contributed by atoms with E-state index in [0.717, 1.165) is 6.08 Å². The van der Waals surface area contributed by atoms with E-state index in [-0.39, 0.29) is 0 Å². The van der Waals surface area contributed by atoms with Crippen LogP contribution in [0.4, 0.5) is 0 Å². The van der Waals surface area contributed by atoms with Crippen molar-refractivity contribution >= 4 is 11.9 Å². The van der Waals surface area contributed by atoms with Gasteiger partial charge in [-0.25, -0.2) is 9.59 Å². The van der Waals surface area contributed by atoms with Gasteiger partial charge in [-0.2, -0.15) is 0 Å². The third-order valence-electron chi connectivity index (χ3n) is 0.893. The number of carbonyl (C=O) groups is 2. The lowest BCUT2D eigenvalue weighted by atomic mass is 10.4. The van der Waals surface area contributed by atoms with Crippen molar-refractivity contribution in [2.45, 2.75) is 13.0 Å². The summed E-state index contributed by atoms with van der Waals surface area (Å²) in [5.74, 6) is -1.64. The van der Waals surface area contributed by atoms with Crippen LogP contribution in [0.15, 0.2) is 25.0 Å². The second-order valence-corrected chi connectivity index (χ2v) is 2.35. The standard InChI is InChI=1S/C5H8O3.C4H6O3/c1-4(2)8-5(7)3-6;1-2-3(5)4(6)7/h6H,1,3H2,2H3;2-3,5H,1H2,(H,6,7). The molecule has 0 aromatic rings. The molecule has 6 heteroatoms. The first kappa shape index (κ1) is 15.8. The highest BCUT2D eigenvalue weighted by atomic mass is 16.5. The van der Waals surface area contributed by atoms with Gasteiger partial charge in [0, 0.05) is 0 Å². The minimum atomic E-state index is -1.42. The van der Waals surface area contributed by atoms with Gasteiger partial charge in [-0.3, -0.25) is 0 Å². The molecule has 6 nitrogen and oxygen atoms in total. The fourth-order valence-electron chi connectivity index (χ4n) is 0.327. The molecular formula is C9H14O6. The predicted molar refractivity (Wildman–Crippen MR) is 51.8 cm³/mol. The number of allylic oxidation sites excluding steroid dienone is 1. The topological polar surface area (TPSA) is 104 Å². The van der Waals surface area contributed by atoms with E-state index in [4.69, 9.17) is 15.3 Å². The van der Waals surface area contributed by atoms with Crippen molar-refractivity contribution in [3.05, 3.63) is 25.0 Å². The number of hydrogen-bond donors (Lipinski definition) is 3. The molecule has 0 amide bonds. The zero-order valence-electron chi connectivity index (χ0n) is 8.34. The number of carbonyl (C=O) groups excluding carboxylic acids is 1. The van der Waals surface area contributed by atoms with E-state index in [1.165, 1.54) is 6.92 Å². The molecule has 15 heavy (non-hydrogen) atoms. The van der Waals surface area contributed by atoms with Gasteiger partial charge in [0.15, 0.2) is 6.10 Å². The maximum absolute atomic E-state index is 10.1. The molecule has 0 aliphatic heterocycles. The molecule has 0 aromatic heterocycles. The highest BCUT2D eigenvalue weighted by molar-refractivity contribution is 5.73. The van der Waals surface area contributed by atoms with E-state index in [0.29, 0.717) is 5.76 Å². The maximum atomic E-state index is 10.1. The number of ether oxygens (including phenoxy) is 1. The Morgan fingerprint density at radius 3 is 2.07 bits per heavy atom. The molecule has 0 saturated carbocycles. The van der Waals surface area contributed by atoms with Gasteiger partial charge in [-0.15, -0.1) is 0 Å². The lowest BCUT2D eigenvalue weighted by Crippen LogP contribution is -2.15. The number of rotatable bonds is 4.